The van der Waals surface area contributed by atoms with Crippen LogP contribution in [0.1, 0.15) is 20.3 Å². The minimum atomic E-state index is -0.0301. The van der Waals surface area contributed by atoms with Crippen molar-refractivity contribution >= 4 is 15.9 Å². The van der Waals surface area contributed by atoms with Crippen molar-refractivity contribution in [2.24, 2.45) is 5.92 Å². The van der Waals surface area contributed by atoms with Crippen molar-refractivity contribution in [3.8, 4) is 0 Å². The Kier molecular flexibility index (Phi) is 4.63. The van der Waals surface area contributed by atoms with Gasteiger partial charge in [0.25, 0.3) is 0 Å². The Morgan fingerprint density at radius 1 is 1.70 bits per heavy atom. The Balaban J connectivity index is 3.95. The van der Waals surface area contributed by atoms with Crippen molar-refractivity contribution in [2.45, 2.75) is 20.3 Å². The predicted octanol–water partition coefficient (Wildman–Crippen LogP) is 0.970. The van der Waals surface area contributed by atoms with E-state index < -0.39 is 0 Å². The van der Waals surface area contributed by atoms with E-state index in [9.17, 15) is 4.79 Å². The summed E-state index contributed by atoms with van der Waals surface area (Å²) in [6.07, 6.45) is 0.534. The molecule has 0 spiro atoms. The molecular formula is C7H11NOW. The van der Waals surface area contributed by atoms with Gasteiger partial charge in [0, 0.05) is 0 Å². The van der Waals surface area contributed by atoms with Crippen molar-refractivity contribution in [2.75, 3.05) is 0 Å². The molecule has 3 heteroatoms. The molecule has 0 aromatic heterocycles. The van der Waals surface area contributed by atoms with Gasteiger partial charge in [0.1, 0.15) is 0 Å². The van der Waals surface area contributed by atoms with E-state index in [1.807, 2.05) is 18.2 Å². The fourth-order valence-corrected chi connectivity index (χ4v) is 1.13. The molecule has 0 atom stereocenters. The van der Waals surface area contributed by atoms with Gasteiger partial charge in [0.15, 0.2) is 0 Å². The summed E-state index contributed by atoms with van der Waals surface area (Å²) >= 11 is 1.32. The minimum absolute atomic E-state index is 0.0255. The fourth-order valence-electron chi connectivity index (χ4n) is 0.532. The van der Waals surface area contributed by atoms with E-state index in [2.05, 4.69) is 0 Å². The Bertz CT molecular complexity index is 163. The molecule has 0 amide bonds. The second-order valence-electron chi connectivity index (χ2n) is 2.37. The standard InChI is InChI=1S/C7H11NO.W/c1-4-6(8)7(9)5(2)3;/h1,5,8H,4H2,2-3H3;. The average molecular weight is 309 g/mol. The van der Waals surface area contributed by atoms with Crippen molar-refractivity contribution in [1.82, 2.24) is 0 Å². The number of rotatable bonds is 4. The summed E-state index contributed by atoms with van der Waals surface area (Å²) in [5.74, 6) is -0.0556. The molecule has 0 unspecified atom stereocenters. The number of carbonyl (C=O) groups excluding carboxylic acids is 1. The fraction of sp³-hybridized carbons (Fsp3) is 0.571. The van der Waals surface area contributed by atoms with Crippen LogP contribution in [0.3, 0.4) is 0 Å². The molecule has 0 saturated carbocycles. The molecule has 2 nitrogen and oxygen atoms in total. The zero-order valence-electron chi connectivity index (χ0n) is 6.18. The third-order valence-electron chi connectivity index (χ3n) is 1.11. The second kappa shape index (κ2) is 4.67. The van der Waals surface area contributed by atoms with Gasteiger partial charge >= 0.3 is 71.6 Å². The van der Waals surface area contributed by atoms with E-state index in [1.54, 1.807) is 0 Å². The summed E-state index contributed by atoms with van der Waals surface area (Å²) in [5.41, 5.74) is 0.241. The van der Waals surface area contributed by atoms with Gasteiger partial charge in [-0.3, -0.25) is 0 Å². The van der Waals surface area contributed by atoms with Crippen LogP contribution in [0.25, 0.3) is 0 Å². The van der Waals surface area contributed by atoms with Crippen LogP contribution < -0.4 is 0 Å². The molecule has 0 heterocycles. The van der Waals surface area contributed by atoms with Crippen LogP contribution in [0.5, 0.6) is 0 Å². The molecule has 56 valence electrons. The predicted molar refractivity (Wildman–Crippen MR) is 38.3 cm³/mol. The number of hydrogen-bond donors (Lipinski definition) is 1. The maximum atomic E-state index is 11.0. The van der Waals surface area contributed by atoms with Crippen molar-refractivity contribution in [3.63, 3.8) is 0 Å². The molecule has 0 radical (unpaired) electrons. The van der Waals surface area contributed by atoms with Gasteiger partial charge in [-0.05, 0) is 0 Å². The average Bonchev–Trinajstić information content (AvgIpc) is 1.87. The number of hydrogen-bond acceptors (Lipinski definition) is 2. The molecule has 0 fully saturated rings. The first-order chi connectivity index (χ1) is 4.59. The van der Waals surface area contributed by atoms with Crippen LogP contribution >= 0.6 is 0 Å². The quantitative estimate of drug-likeness (QED) is 0.773. The zero-order chi connectivity index (χ0) is 8.15. The number of carbonyl (C=O) groups is 1. The van der Waals surface area contributed by atoms with Crippen LogP contribution in [-0.4, -0.2) is 15.9 Å². The molecule has 0 aliphatic heterocycles. The molecule has 1 N–H and O–H groups in total. The van der Waals surface area contributed by atoms with E-state index in [1.165, 1.54) is 19.4 Å². The van der Waals surface area contributed by atoms with Crippen molar-refractivity contribution in [3.05, 3.63) is 0 Å². The molecule has 0 aliphatic carbocycles. The zero-order valence-corrected chi connectivity index (χ0v) is 9.11. The van der Waals surface area contributed by atoms with E-state index in [-0.39, 0.29) is 17.4 Å². The molecule has 0 rings (SSSR count). The number of ketones is 1. The number of Topliss-reactive ketones (excluding diaryl/α,β-unsaturated/α-hetero) is 1. The summed E-state index contributed by atoms with van der Waals surface area (Å²) in [7, 11) is 0. The van der Waals surface area contributed by atoms with E-state index >= 15 is 0 Å². The summed E-state index contributed by atoms with van der Waals surface area (Å²) in [4.78, 5) is 11.0. The Hall–Kier alpha value is -0.102. The topological polar surface area (TPSA) is 40.9 Å². The monoisotopic (exact) mass is 309 g/mol. The Morgan fingerprint density at radius 2 is 2.20 bits per heavy atom. The summed E-state index contributed by atoms with van der Waals surface area (Å²) in [6.45, 7) is 3.64. The van der Waals surface area contributed by atoms with Gasteiger partial charge in [-0.25, -0.2) is 0 Å². The summed E-state index contributed by atoms with van der Waals surface area (Å²) in [5, 5.41) is 7.26. The third-order valence-corrected chi connectivity index (χ3v) is 1.71. The van der Waals surface area contributed by atoms with Crippen molar-refractivity contribution < 1.29 is 24.1 Å². The van der Waals surface area contributed by atoms with Crippen LogP contribution in [0, 0.1) is 11.3 Å². The molecule has 0 bridgehead atoms. The molecule has 10 heavy (non-hydrogen) atoms. The first-order valence-corrected chi connectivity index (χ1v) is 4.84. The Morgan fingerprint density at radius 3 is 2.50 bits per heavy atom. The SMILES string of the molecule is CC(C)C(=O)C(=N)C[CH]=[W]. The molecule has 0 aromatic carbocycles. The second-order valence-corrected chi connectivity index (χ2v) is 3.57. The number of nitrogens with one attached hydrogen (secondary N) is 1. The van der Waals surface area contributed by atoms with Gasteiger partial charge in [-0.1, -0.05) is 0 Å². The van der Waals surface area contributed by atoms with Gasteiger partial charge in [-0.15, -0.1) is 0 Å². The van der Waals surface area contributed by atoms with E-state index in [0.29, 0.717) is 6.42 Å². The summed E-state index contributed by atoms with van der Waals surface area (Å²) < 4.78 is 1.91. The first kappa shape index (κ1) is 9.90. The van der Waals surface area contributed by atoms with Crippen LogP contribution in [0.4, 0.5) is 0 Å². The third kappa shape index (κ3) is 3.16. The van der Waals surface area contributed by atoms with Gasteiger partial charge in [-0.2, -0.15) is 0 Å². The van der Waals surface area contributed by atoms with Gasteiger partial charge < -0.3 is 0 Å². The molecular weight excluding hydrogens is 298 g/mol. The maximum absolute atomic E-state index is 11.0. The summed E-state index contributed by atoms with van der Waals surface area (Å²) in [6, 6.07) is 0. The van der Waals surface area contributed by atoms with Gasteiger partial charge in [0.05, 0.1) is 0 Å². The van der Waals surface area contributed by atoms with E-state index in [0.717, 1.165) is 0 Å². The molecule has 0 saturated heterocycles. The Labute approximate surface area is 71.9 Å². The molecule has 0 aromatic rings. The van der Waals surface area contributed by atoms with Crippen LogP contribution in [0.15, 0.2) is 0 Å². The van der Waals surface area contributed by atoms with Crippen LogP contribution in [0.2, 0.25) is 0 Å². The van der Waals surface area contributed by atoms with Crippen LogP contribution in [-0.2, 0) is 24.1 Å². The first-order valence-electron chi connectivity index (χ1n) is 3.15. The molecule has 0 aliphatic rings. The van der Waals surface area contributed by atoms with Gasteiger partial charge in [0.2, 0.25) is 0 Å². The van der Waals surface area contributed by atoms with Crippen molar-refractivity contribution in [1.29, 1.82) is 5.41 Å². The van der Waals surface area contributed by atoms with E-state index in [4.69, 9.17) is 5.41 Å². The normalized spacial score (nSPS) is 9.50.